The summed E-state index contributed by atoms with van der Waals surface area (Å²) in [4.78, 5) is 22.8. The molecule has 2 amide bonds. The van der Waals surface area contributed by atoms with E-state index in [1.165, 1.54) is 6.07 Å². The van der Waals surface area contributed by atoms with Crippen LogP contribution in [0.5, 0.6) is 0 Å². The van der Waals surface area contributed by atoms with Gasteiger partial charge in [0.1, 0.15) is 0 Å². The van der Waals surface area contributed by atoms with Crippen LogP contribution >= 0.6 is 0 Å². The molecule has 8 nitrogen and oxygen atoms in total. The quantitative estimate of drug-likeness (QED) is 0.672. The Morgan fingerprint density at radius 1 is 1.08 bits per heavy atom. The average Bonchev–Trinajstić information content (AvgIpc) is 2.90. The molecule has 0 aliphatic heterocycles. The molecule has 0 fully saturated rings. The lowest BCUT2D eigenvalue weighted by atomic mass is 10.3. The van der Waals surface area contributed by atoms with Gasteiger partial charge in [0.05, 0.1) is 0 Å². The summed E-state index contributed by atoms with van der Waals surface area (Å²) in [6, 6.07) is 9.37. The Balaban J connectivity index is 1.79. The third kappa shape index (κ3) is 3.35. The maximum atomic E-state index is 12.3. The number of aromatic amines is 1. The van der Waals surface area contributed by atoms with Crippen LogP contribution in [0.15, 0.2) is 41.4 Å². The third-order valence-corrected chi connectivity index (χ3v) is 4.48. The molecule has 9 heteroatoms. The van der Waals surface area contributed by atoms with Gasteiger partial charge in [-0.3, -0.25) is 5.32 Å². The first-order valence-corrected chi connectivity index (χ1v) is 8.56. The van der Waals surface area contributed by atoms with E-state index in [9.17, 15) is 13.2 Å². The zero-order valence-corrected chi connectivity index (χ0v) is 13.8. The smallest absolute Gasteiger partial charge is 0.335 e. The Morgan fingerprint density at radius 2 is 1.75 bits per heavy atom. The number of anilines is 1. The minimum absolute atomic E-state index is 0.0387. The number of aromatic nitrogens is 3. The number of nitrogens with zero attached hydrogens (tertiary/aromatic N) is 2. The summed E-state index contributed by atoms with van der Waals surface area (Å²) in [7, 11) is -4.03. The Hall–Kier alpha value is -2.94. The van der Waals surface area contributed by atoms with E-state index in [2.05, 4.69) is 20.3 Å². The normalized spacial score (nSPS) is 11.4. The number of carbonyl (C=O) groups excluding carboxylic acids is 1. The van der Waals surface area contributed by atoms with Gasteiger partial charge in [-0.2, -0.15) is 8.42 Å². The van der Waals surface area contributed by atoms with E-state index < -0.39 is 16.1 Å². The molecule has 2 aromatic heterocycles. The van der Waals surface area contributed by atoms with Gasteiger partial charge in [0.2, 0.25) is 5.95 Å². The zero-order valence-electron chi connectivity index (χ0n) is 13.0. The Kier molecular flexibility index (Phi) is 3.94. The highest BCUT2D eigenvalue weighted by molar-refractivity contribution is 7.90. The fraction of sp³-hybridized carbons (Fsp3) is 0.133. The van der Waals surface area contributed by atoms with Crippen LogP contribution in [0.3, 0.4) is 0 Å². The van der Waals surface area contributed by atoms with E-state index in [-0.39, 0.29) is 11.0 Å². The van der Waals surface area contributed by atoms with Crippen LogP contribution in [0.2, 0.25) is 0 Å². The molecule has 2 heterocycles. The largest absolute Gasteiger partial charge is 0.344 e. The molecule has 0 radical (unpaired) electrons. The molecule has 3 aromatic rings. The predicted molar refractivity (Wildman–Crippen MR) is 89.1 cm³/mol. The molecule has 0 atom stereocenters. The van der Waals surface area contributed by atoms with Gasteiger partial charge in [0, 0.05) is 22.3 Å². The predicted octanol–water partition coefficient (Wildman–Crippen LogP) is 2.09. The van der Waals surface area contributed by atoms with Gasteiger partial charge in [0.15, 0.2) is 5.03 Å². The summed E-state index contributed by atoms with van der Waals surface area (Å²) in [5, 5.41) is 2.95. The lowest BCUT2D eigenvalue weighted by Crippen LogP contribution is -2.35. The standard InChI is InChI=1S/C15H15N5O3S/c1-9-7-10(2)17-14(16-9)19-15(21)20-24(22,23)13-8-11-5-3-4-6-12(11)18-13/h3-8,18H,1-2H3,(H2,16,17,19,20,21). The van der Waals surface area contributed by atoms with Crippen LogP contribution in [0, 0.1) is 13.8 Å². The van der Waals surface area contributed by atoms with Crippen molar-refractivity contribution in [1.29, 1.82) is 0 Å². The van der Waals surface area contributed by atoms with Crippen molar-refractivity contribution in [3.8, 4) is 0 Å². The lowest BCUT2D eigenvalue weighted by molar-refractivity contribution is 0.256. The maximum Gasteiger partial charge on any atom is 0.335 e. The fourth-order valence-corrected chi connectivity index (χ4v) is 3.21. The molecule has 24 heavy (non-hydrogen) atoms. The number of nitrogens with one attached hydrogen (secondary N) is 3. The van der Waals surface area contributed by atoms with E-state index in [1.807, 2.05) is 4.72 Å². The third-order valence-electron chi connectivity index (χ3n) is 3.23. The van der Waals surface area contributed by atoms with Crippen LogP contribution in [0.4, 0.5) is 10.7 Å². The second-order valence-electron chi connectivity index (χ2n) is 5.25. The van der Waals surface area contributed by atoms with Gasteiger partial charge in [-0.1, -0.05) is 18.2 Å². The molecule has 3 N–H and O–H groups in total. The first kappa shape index (κ1) is 15.9. The van der Waals surface area contributed by atoms with Gasteiger partial charge >= 0.3 is 6.03 Å². The Labute approximate surface area is 138 Å². The van der Waals surface area contributed by atoms with E-state index in [1.54, 1.807) is 44.2 Å². The van der Waals surface area contributed by atoms with Gasteiger partial charge in [-0.05, 0) is 32.0 Å². The number of hydrogen-bond acceptors (Lipinski definition) is 5. The highest BCUT2D eigenvalue weighted by Crippen LogP contribution is 2.18. The van der Waals surface area contributed by atoms with Crippen LogP contribution in [-0.2, 0) is 10.0 Å². The van der Waals surface area contributed by atoms with Gasteiger partial charge in [-0.15, -0.1) is 0 Å². The molecule has 3 rings (SSSR count). The number of rotatable bonds is 3. The molecule has 0 aliphatic rings. The van der Waals surface area contributed by atoms with Crippen LogP contribution in [-0.4, -0.2) is 29.4 Å². The second kappa shape index (κ2) is 5.93. The van der Waals surface area contributed by atoms with Crippen LogP contribution in [0.1, 0.15) is 11.4 Å². The molecule has 0 spiro atoms. The number of urea groups is 1. The summed E-state index contributed by atoms with van der Waals surface area (Å²) in [6.07, 6.45) is 0. The monoisotopic (exact) mass is 345 g/mol. The number of H-pyrrole nitrogens is 1. The van der Waals surface area contributed by atoms with Crippen molar-refractivity contribution in [2.24, 2.45) is 0 Å². The van der Waals surface area contributed by atoms with Crippen molar-refractivity contribution in [3.63, 3.8) is 0 Å². The van der Waals surface area contributed by atoms with Crippen LogP contribution in [0.25, 0.3) is 10.9 Å². The molecular formula is C15H15N5O3S. The Bertz CT molecular complexity index is 973. The molecule has 1 aromatic carbocycles. The van der Waals surface area contributed by atoms with Crippen LogP contribution < -0.4 is 10.0 Å². The van der Waals surface area contributed by atoms with Crippen molar-refractivity contribution in [2.75, 3.05) is 5.32 Å². The summed E-state index contributed by atoms with van der Waals surface area (Å²) >= 11 is 0. The molecule has 0 bridgehead atoms. The van der Waals surface area contributed by atoms with E-state index in [0.717, 1.165) is 5.39 Å². The molecular weight excluding hydrogens is 330 g/mol. The van der Waals surface area contributed by atoms with Crippen molar-refractivity contribution in [2.45, 2.75) is 18.9 Å². The summed E-state index contributed by atoms with van der Waals surface area (Å²) in [6.45, 7) is 3.50. The highest BCUT2D eigenvalue weighted by Gasteiger charge is 2.20. The first-order chi connectivity index (χ1) is 11.3. The number of aryl methyl sites for hydroxylation is 2. The SMILES string of the molecule is Cc1cc(C)nc(NC(=O)NS(=O)(=O)c2cc3ccccc3[nH]2)n1. The number of amides is 2. The van der Waals surface area contributed by atoms with E-state index in [0.29, 0.717) is 16.9 Å². The number of para-hydroxylation sites is 1. The first-order valence-electron chi connectivity index (χ1n) is 7.07. The number of fused-ring (bicyclic) bond motifs is 1. The molecule has 124 valence electrons. The number of benzene rings is 1. The molecule has 0 unspecified atom stereocenters. The second-order valence-corrected chi connectivity index (χ2v) is 6.91. The van der Waals surface area contributed by atoms with Gasteiger partial charge < -0.3 is 4.98 Å². The topological polar surface area (TPSA) is 117 Å². The number of sulfonamides is 1. The fourth-order valence-electron chi connectivity index (χ4n) is 2.28. The zero-order chi connectivity index (χ0) is 17.3. The minimum atomic E-state index is -4.03. The Morgan fingerprint density at radius 3 is 2.42 bits per heavy atom. The van der Waals surface area contributed by atoms with Crippen molar-refractivity contribution >= 4 is 32.9 Å². The summed E-state index contributed by atoms with van der Waals surface area (Å²) in [5.41, 5.74) is 1.99. The number of carbonyl (C=O) groups is 1. The van der Waals surface area contributed by atoms with Crippen molar-refractivity contribution < 1.29 is 13.2 Å². The average molecular weight is 345 g/mol. The lowest BCUT2D eigenvalue weighted by Gasteiger charge is -2.07. The van der Waals surface area contributed by atoms with Crippen molar-refractivity contribution in [3.05, 3.63) is 47.8 Å². The molecule has 0 aliphatic carbocycles. The number of hydrogen-bond donors (Lipinski definition) is 3. The molecule has 0 saturated heterocycles. The van der Waals surface area contributed by atoms with Crippen molar-refractivity contribution in [1.82, 2.24) is 19.7 Å². The van der Waals surface area contributed by atoms with Gasteiger partial charge in [0.25, 0.3) is 10.0 Å². The van der Waals surface area contributed by atoms with Gasteiger partial charge in [-0.25, -0.2) is 19.5 Å². The van der Waals surface area contributed by atoms with E-state index in [4.69, 9.17) is 0 Å². The summed E-state index contributed by atoms with van der Waals surface area (Å²) < 4.78 is 26.5. The summed E-state index contributed by atoms with van der Waals surface area (Å²) in [5.74, 6) is 0.0387. The molecule has 0 saturated carbocycles. The maximum absolute atomic E-state index is 12.3. The minimum Gasteiger partial charge on any atom is -0.344 e. The highest BCUT2D eigenvalue weighted by atomic mass is 32.2. The van der Waals surface area contributed by atoms with E-state index >= 15 is 0 Å².